The summed E-state index contributed by atoms with van der Waals surface area (Å²) in [7, 11) is 3.11. The van der Waals surface area contributed by atoms with Gasteiger partial charge in [0.15, 0.2) is 5.78 Å². The molecule has 0 saturated heterocycles. The minimum absolute atomic E-state index is 0.161. The van der Waals surface area contributed by atoms with Crippen LogP contribution in [-0.2, 0) is 23.0 Å². The Bertz CT molecular complexity index is 813. The van der Waals surface area contributed by atoms with E-state index in [1.54, 1.807) is 0 Å². The molecule has 3 rings (SSSR count). The van der Waals surface area contributed by atoms with Crippen molar-refractivity contribution in [1.29, 1.82) is 5.26 Å². The Hall–Kier alpha value is -2.61. The van der Waals surface area contributed by atoms with Gasteiger partial charge in [-0.15, -0.1) is 0 Å². The average molecular weight is 296 g/mol. The number of benzene rings is 1. The number of carbonyl (C=O) groups excluding carboxylic acids is 2. The molecule has 2 unspecified atom stereocenters. The van der Waals surface area contributed by atoms with Crippen molar-refractivity contribution in [3.8, 4) is 6.07 Å². The molecule has 1 aromatic heterocycles. The first-order valence-corrected chi connectivity index (χ1v) is 7.15. The number of rotatable bonds is 2. The van der Waals surface area contributed by atoms with Crippen molar-refractivity contribution in [2.24, 2.45) is 18.9 Å². The first-order valence-electron chi connectivity index (χ1n) is 7.15. The topological polar surface area (TPSA) is 72.1 Å². The van der Waals surface area contributed by atoms with E-state index in [9.17, 15) is 9.59 Å². The highest BCUT2D eigenvalue weighted by molar-refractivity contribution is 6.12. The lowest BCUT2D eigenvalue weighted by atomic mass is 9.75. The minimum Gasteiger partial charge on any atom is -0.468 e. The van der Waals surface area contributed by atoms with Gasteiger partial charge in [-0.3, -0.25) is 9.59 Å². The van der Waals surface area contributed by atoms with E-state index in [-0.39, 0.29) is 18.1 Å². The predicted octanol–water partition coefficient (Wildman–Crippen LogP) is 2.24. The van der Waals surface area contributed by atoms with Crippen LogP contribution in [0.4, 0.5) is 0 Å². The number of esters is 1. The van der Waals surface area contributed by atoms with Crippen molar-refractivity contribution in [2.45, 2.75) is 12.8 Å². The Kier molecular flexibility index (Phi) is 3.45. The Labute approximate surface area is 128 Å². The maximum atomic E-state index is 12.9. The molecule has 1 aliphatic carbocycles. The van der Waals surface area contributed by atoms with Crippen LogP contribution in [0.1, 0.15) is 22.5 Å². The van der Waals surface area contributed by atoms with Crippen molar-refractivity contribution in [2.75, 3.05) is 7.11 Å². The third kappa shape index (κ3) is 1.92. The van der Waals surface area contributed by atoms with Crippen molar-refractivity contribution in [1.82, 2.24) is 4.57 Å². The highest BCUT2D eigenvalue weighted by Gasteiger charge is 2.43. The van der Waals surface area contributed by atoms with Crippen molar-refractivity contribution in [3.05, 3.63) is 35.5 Å². The zero-order chi connectivity index (χ0) is 15.9. The monoisotopic (exact) mass is 296 g/mol. The summed E-state index contributed by atoms with van der Waals surface area (Å²) in [6, 6.07) is 9.86. The van der Waals surface area contributed by atoms with E-state index in [0.29, 0.717) is 12.1 Å². The SMILES string of the molecule is COC(=O)C1C(=O)c2c(c3ccccc3n2C)CC1CC#N. The first kappa shape index (κ1) is 14.3. The molecule has 1 heterocycles. The predicted molar refractivity (Wildman–Crippen MR) is 80.2 cm³/mol. The van der Waals surface area contributed by atoms with Crippen LogP contribution in [0, 0.1) is 23.2 Å². The third-order valence-electron chi connectivity index (χ3n) is 4.47. The number of nitrogens with zero attached hydrogens (tertiary/aromatic N) is 2. The van der Waals surface area contributed by atoms with E-state index in [4.69, 9.17) is 10.00 Å². The molecule has 0 amide bonds. The molecule has 0 N–H and O–H groups in total. The third-order valence-corrected chi connectivity index (χ3v) is 4.47. The largest absolute Gasteiger partial charge is 0.468 e. The first-order chi connectivity index (χ1) is 10.6. The maximum Gasteiger partial charge on any atom is 0.316 e. The highest BCUT2D eigenvalue weighted by Crippen LogP contribution is 2.38. The lowest BCUT2D eigenvalue weighted by Gasteiger charge is -2.27. The van der Waals surface area contributed by atoms with Crippen LogP contribution in [-0.4, -0.2) is 23.4 Å². The molecule has 5 nitrogen and oxygen atoms in total. The number of aryl methyl sites for hydroxylation is 1. The zero-order valence-corrected chi connectivity index (χ0v) is 12.5. The average Bonchev–Trinajstić information content (AvgIpc) is 2.81. The summed E-state index contributed by atoms with van der Waals surface area (Å²) in [5.41, 5.74) is 2.45. The molecule has 5 heteroatoms. The fourth-order valence-electron chi connectivity index (χ4n) is 3.47. The van der Waals surface area contributed by atoms with Gasteiger partial charge in [0.05, 0.1) is 18.9 Å². The number of para-hydroxylation sites is 1. The van der Waals surface area contributed by atoms with Crippen LogP contribution in [0.3, 0.4) is 0 Å². The number of ketones is 1. The van der Waals surface area contributed by atoms with Crippen molar-refractivity contribution >= 4 is 22.7 Å². The summed E-state index contributed by atoms with van der Waals surface area (Å²) < 4.78 is 6.63. The fraction of sp³-hybridized carbons (Fsp3) is 0.353. The van der Waals surface area contributed by atoms with Gasteiger partial charge in [-0.2, -0.15) is 5.26 Å². The molecule has 0 bridgehead atoms. The van der Waals surface area contributed by atoms with E-state index < -0.39 is 11.9 Å². The molecular formula is C17H16N2O3. The van der Waals surface area contributed by atoms with Crippen LogP contribution in [0.15, 0.2) is 24.3 Å². The molecule has 0 spiro atoms. The number of ether oxygens (including phenoxy) is 1. The van der Waals surface area contributed by atoms with Gasteiger partial charge < -0.3 is 9.30 Å². The molecule has 0 fully saturated rings. The summed E-state index contributed by atoms with van der Waals surface area (Å²) >= 11 is 0. The van der Waals surface area contributed by atoms with Gasteiger partial charge in [0.2, 0.25) is 0 Å². The van der Waals surface area contributed by atoms with E-state index >= 15 is 0 Å². The van der Waals surface area contributed by atoms with Gasteiger partial charge >= 0.3 is 5.97 Å². The Morgan fingerprint density at radius 3 is 2.86 bits per heavy atom. The molecule has 1 aliphatic rings. The number of hydrogen-bond acceptors (Lipinski definition) is 4. The molecule has 2 aromatic rings. The zero-order valence-electron chi connectivity index (χ0n) is 12.5. The molecule has 0 aliphatic heterocycles. The molecule has 22 heavy (non-hydrogen) atoms. The normalized spacial score (nSPS) is 20.5. The van der Waals surface area contributed by atoms with Crippen LogP contribution < -0.4 is 0 Å². The Morgan fingerprint density at radius 2 is 2.18 bits per heavy atom. The van der Waals surface area contributed by atoms with Gasteiger partial charge in [-0.25, -0.2) is 0 Å². The standard InChI is InChI=1S/C17H16N2O3/c1-19-13-6-4-3-5-11(13)12-9-10(7-8-18)14(17(21)22-2)16(20)15(12)19/h3-6,10,14H,7,9H2,1-2H3. The molecule has 0 radical (unpaired) electrons. The van der Waals surface area contributed by atoms with Crippen LogP contribution in [0.2, 0.25) is 0 Å². The minimum atomic E-state index is -0.889. The van der Waals surface area contributed by atoms with E-state index in [1.165, 1.54) is 7.11 Å². The summed E-state index contributed by atoms with van der Waals surface area (Å²) in [5, 5.41) is 10.0. The number of carbonyl (C=O) groups is 2. The molecule has 112 valence electrons. The Morgan fingerprint density at radius 1 is 1.45 bits per heavy atom. The summed E-state index contributed by atoms with van der Waals surface area (Å²) in [6.07, 6.45) is 0.698. The summed E-state index contributed by atoms with van der Waals surface area (Å²) in [6.45, 7) is 0. The smallest absolute Gasteiger partial charge is 0.316 e. The highest BCUT2D eigenvalue weighted by atomic mass is 16.5. The second kappa shape index (κ2) is 5.30. The lowest BCUT2D eigenvalue weighted by molar-refractivity contribution is -0.145. The molecular weight excluding hydrogens is 280 g/mol. The van der Waals surface area contributed by atoms with Gasteiger partial charge in [0, 0.05) is 24.4 Å². The number of methoxy groups -OCH3 is 1. The van der Waals surface area contributed by atoms with Crippen LogP contribution in [0.25, 0.3) is 10.9 Å². The number of hydrogen-bond donors (Lipinski definition) is 0. The van der Waals surface area contributed by atoms with Gasteiger partial charge in [-0.1, -0.05) is 18.2 Å². The number of Topliss-reactive ketones (excluding diaryl/α,β-unsaturated/α-hetero) is 1. The van der Waals surface area contributed by atoms with Crippen LogP contribution in [0.5, 0.6) is 0 Å². The van der Waals surface area contributed by atoms with Gasteiger partial charge in [0.25, 0.3) is 0 Å². The number of nitriles is 1. The molecule has 1 aromatic carbocycles. The number of fused-ring (bicyclic) bond motifs is 3. The van der Waals surface area contributed by atoms with E-state index in [1.807, 2.05) is 35.9 Å². The molecule has 0 saturated carbocycles. The Balaban J connectivity index is 2.22. The van der Waals surface area contributed by atoms with Crippen molar-refractivity contribution < 1.29 is 14.3 Å². The van der Waals surface area contributed by atoms with Crippen LogP contribution >= 0.6 is 0 Å². The maximum absolute atomic E-state index is 12.9. The second-order valence-corrected chi connectivity index (χ2v) is 5.59. The van der Waals surface area contributed by atoms with Gasteiger partial charge in [0.1, 0.15) is 5.92 Å². The van der Waals surface area contributed by atoms with E-state index in [2.05, 4.69) is 6.07 Å². The van der Waals surface area contributed by atoms with Crippen molar-refractivity contribution in [3.63, 3.8) is 0 Å². The quantitative estimate of drug-likeness (QED) is 0.629. The summed E-state index contributed by atoms with van der Waals surface area (Å²) in [5.74, 6) is -2.02. The summed E-state index contributed by atoms with van der Waals surface area (Å²) in [4.78, 5) is 24.9. The van der Waals surface area contributed by atoms with Gasteiger partial charge in [-0.05, 0) is 24.0 Å². The second-order valence-electron chi connectivity index (χ2n) is 5.59. The fourth-order valence-corrected chi connectivity index (χ4v) is 3.47. The number of aromatic nitrogens is 1. The lowest BCUT2D eigenvalue weighted by Crippen LogP contribution is -2.38. The molecule has 2 atom stereocenters. The van der Waals surface area contributed by atoms with E-state index in [0.717, 1.165) is 16.5 Å².